The fraction of sp³-hybridized carbons (Fsp3) is 0.421. The largest absolute Gasteiger partial charge is 0.464 e. The van der Waals surface area contributed by atoms with Crippen LogP contribution in [0.5, 0.6) is 0 Å². The van der Waals surface area contributed by atoms with Gasteiger partial charge in [-0.2, -0.15) is 0 Å². The molecule has 1 heterocycles. The number of ether oxygens (including phenoxy) is 1. The second-order valence-corrected chi connectivity index (χ2v) is 5.89. The van der Waals surface area contributed by atoms with E-state index in [0.29, 0.717) is 19.0 Å². The number of unbranched alkanes of at least 4 members (excludes halogenated alkanes) is 2. The van der Waals surface area contributed by atoms with Crippen molar-refractivity contribution < 1.29 is 18.7 Å². The van der Waals surface area contributed by atoms with Crippen LogP contribution in [0.4, 0.5) is 4.79 Å². The van der Waals surface area contributed by atoms with Crippen molar-refractivity contribution in [2.24, 2.45) is 0 Å². The summed E-state index contributed by atoms with van der Waals surface area (Å²) in [5, 5.41) is 2.91. The Morgan fingerprint density at radius 3 is 2.69 bits per heavy atom. The van der Waals surface area contributed by atoms with Crippen molar-refractivity contribution in [1.29, 1.82) is 0 Å². The van der Waals surface area contributed by atoms with Gasteiger partial charge in [0.2, 0.25) is 5.89 Å². The lowest BCUT2D eigenvalue weighted by atomic mass is 10.2. The summed E-state index contributed by atoms with van der Waals surface area (Å²) in [4.78, 5) is 29.8. The van der Waals surface area contributed by atoms with E-state index in [4.69, 9.17) is 4.42 Å². The van der Waals surface area contributed by atoms with Crippen molar-refractivity contribution in [1.82, 2.24) is 15.2 Å². The average Bonchev–Trinajstić information content (AvgIpc) is 3.14. The van der Waals surface area contributed by atoms with Crippen molar-refractivity contribution in [3.8, 4) is 0 Å². The summed E-state index contributed by atoms with van der Waals surface area (Å²) in [6.45, 7) is 3.34. The van der Waals surface area contributed by atoms with E-state index in [1.165, 1.54) is 13.4 Å². The Labute approximate surface area is 153 Å². The van der Waals surface area contributed by atoms with Crippen LogP contribution in [0.15, 0.2) is 41.0 Å². The van der Waals surface area contributed by atoms with Gasteiger partial charge in [0, 0.05) is 13.1 Å². The molecule has 1 N–H and O–H groups in total. The number of rotatable bonds is 9. The number of hydrogen-bond donors (Lipinski definition) is 1. The first-order valence-electron chi connectivity index (χ1n) is 8.73. The number of aromatic nitrogens is 1. The van der Waals surface area contributed by atoms with Crippen molar-refractivity contribution in [2.45, 2.75) is 39.3 Å². The van der Waals surface area contributed by atoms with Gasteiger partial charge < -0.3 is 19.4 Å². The van der Waals surface area contributed by atoms with Crippen molar-refractivity contribution in [3.05, 3.63) is 53.7 Å². The molecule has 0 unspecified atom stereocenters. The zero-order chi connectivity index (χ0) is 18.8. The summed E-state index contributed by atoms with van der Waals surface area (Å²) >= 11 is 0. The molecule has 0 saturated carbocycles. The predicted molar refractivity (Wildman–Crippen MR) is 96.5 cm³/mol. The first-order valence-corrected chi connectivity index (χ1v) is 8.73. The Morgan fingerprint density at radius 2 is 2.00 bits per heavy atom. The highest BCUT2D eigenvalue weighted by Gasteiger charge is 2.18. The van der Waals surface area contributed by atoms with Crippen LogP contribution in [0, 0.1) is 0 Å². The van der Waals surface area contributed by atoms with E-state index < -0.39 is 5.97 Å². The van der Waals surface area contributed by atoms with Gasteiger partial charge in [-0.3, -0.25) is 0 Å². The summed E-state index contributed by atoms with van der Waals surface area (Å²) < 4.78 is 9.92. The molecule has 0 aliphatic carbocycles. The fourth-order valence-electron chi connectivity index (χ4n) is 2.44. The first kappa shape index (κ1) is 19.5. The van der Waals surface area contributed by atoms with Gasteiger partial charge in [-0.1, -0.05) is 50.1 Å². The van der Waals surface area contributed by atoms with Gasteiger partial charge in [0.25, 0.3) is 0 Å². The number of nitrogens with zero attached hydrogens (tertiary/aromatic N) is 2. The molecule has 0 atom stereocenters. The SMILES string of the molecule is CCCCCN(Cc1nc(C(=O)OC)co1)C(=O)NCc1ccccc1. The summed E-state index contributed by atoms with van der Waals surface area (Å²) in [5.74, 6) is -0.261. The highest BCUT2D eigenvalue weighted by Crippen LogP contribution is 2.09. The quantitative estimate of drug-likeness (QED) is 0.548. The number of hydrogen-bond acceptors (Lipinski definition) is 5. The molecule has 0 fully saturated rings. The second-order valence-electron chi connectivity index (χ2n) is 5.89. The Hall–Kier alpha value is -2.83. The molecule has 0 radical (unpaired) electrons. The molecule has 2 aromatic rings. The lowest BCUT2D eigenvalue weighted by Gasteiger charge is -2.21. The number of esters is 1. The average molecular weight is 359 g/mol. The zero-order valence-corrected chi connectivity index (χ0v) is 15.2. The van der Waals surface area contributed by atoms with E-state index in [1.54, 1.807) is 4.90 Å². The molecular weight excluding hydrogens is 334 g/mol. The zero-order valence-electron chi connectivity index (χ0n) is 15.2. The van der Waals surface area contributed by atoms with Gasteiger partial charge in [-0.05, 0) is 12.0 Å². The van der Waals surface area contributed by atoms with Crippen LogP contribution in [-0.4, -0.2) is 35.5 Å². The van der Waals surface area contributed by atoms with E-state index in [1.807, 2.05) is 30.3 Å². The number of methoxy groups -OCH3 is 1. The molecule has 26 heavy (non-hydrogen) atoms. The maximum Gasteiger partial charge on any atom is 0.360 e. The minimum absolute atomic E-state index is 0.0979. The van der Waals surface area contributed by atoms with Gasteiger partial charge in [-0.25, -0.2) is 14.6 Å². The minimum Gasteiger partial charge on any atom is -0.464 e. The lowest BCUT2D eigenvalue weighted by Crippen LogP contribution is -2.39. The van der Waals surface area contributed by atoms with Gasteiger partial charge in [0.15, 0.2) is 5.69 Å². The Morgan fingerprint density at radius 1 is 1.23 bits per heavy atom. The third-order valence-corrected chi connectivity index (χ3v) is 3.88. The van der Waals surface area contributed by atoms with Crippen LogP contribution in [0.3, 0.4) is 0 Å². The maximum absolute atomic E-state index is 12.6. The number of oxazole rings is 1. The summed E-state index contributed by atoms with van der Waals surface area (Å²) in [6.07, 6.45) is 4.22. The topological polar surface area (TPSA) is 84.7 Å². The number of benzene rings is 1. The molecule has 0 spiro atoms. The van der Waals surface area contributed by atoms with E-state index in [-0.39, 0.29) is 18.3 Å². The smallest absolute Gasteiger partial charge is 0.360 e. The second kappa shape index (κ2) is 10.2. The van der Waals surface area contributed by atoms with Crippen LogP contribution < -0.4 is 5.32 Å². The van der Waals surface area contributed by atoms with Gasteiger partial charge in [0.05, 0.1) is 13.7 Å². The highest BCUT2D eigenvalue weighted by molar-refractivity contribution is 5.86. The van der Waals surface area contributed by atoms with E-state index >= 15 is 0 Å². The van der Waals surface area contributed by atoms with Crippen molar-refractivity contribution in [2.75, 3.05) is 13.7 Å². The monoisotopic (exact) mass is 359 g/mol. The molecule has 2 rings (SSSR count). The number of amides is 2. The standard InChI is InChI=1S/C19H25N3O4/c1-3-4-8-11-22(13-17-21-16(14-26-17)18(23)25-2)19(24)20-12-15-9-6-5-7-10-15/h5-7,9-10,14H,3-4,8,11-13H2,1-2H3,(H,20,24). The van der Waals surface area contributed by atoms with E-state index in [0.717, 1.165) is 24.8 Å². The highest BCUT2D eigenvalue weighted by atomic mass is 16.5. The molecule has 1 aromatic heterocycles. The summed E-state index contributed by atoms with van der Waals surface area (Å²) in [7, 11) is 1.28. The first-order chi connectivity index (χ1) is 12.6. The van der Waals surface area contributed by atoms with Gasteiger partial charge in [0.1, 0.15) is 6.26 Å². The molecule has 140 valence electrons. The molecule has 0 bridgehead atoms. The summed E-state index contributed by atoms with van der Waals surface area (Å²) in [5.41, 5.74) is 1.12. The van der Waals surface area contributed by atoms with Crippen LogP contribution >= 0.6 is 0 Å². The van der Waals surface area contributed by atoms with Crippen LogP contribution in [0.1, 0.15) is 48.1 Å². The molecular formula is C19H25N3O4. The number of carbonyl (C=O) groups is 2. The third kappa shape index (κ3) is 5.91. The van der Waals surface area contributed by atoms with E-state index in [9.17, 15) is 9.59 Å². The summed E-state index contributed by atoms with van der Waals surface area (Å²) in [6, 6.07) is 9.52. The lowest BCUT2D eigenvalue weighted by molar-refractivity contribution is 0.0594. The molecule has 1 aromatic carbocycles. The minimum atomic E-state index is -0.564. The fourth-order valence-corrected chi connectivity index (χ4v) is 2.44. The Kier molecular flexibility index (Phi) is 7.67. The van der Waals surface area contributed by atoms with Gasteiger partial charge >= 0.3 is 12.0 Å². The molecule has 0 saturated heterocycles. The molecule has 0 aliphatic rings. The molecule has 0 aliphatic heterocycles. The molecule has 2 amide bonds. The Bertz CT molecular complexity index is 700. The normalized spacial score (nSPS) is 10.4. The number of nitrogens with one attached hydrogen (secondary N) is 1. The molecule has 7 heteroatoms. The van der Waals surface area contributed by atoms with Crippen LogP contribution in [0.25, 0.3) is 0 Å². The third-order valence-electron chi connectivity index (χ3n) is 3.88. The van der Waals surface area contributed by atoms with Crippen LogP contribution in [-0.2, 0) is 17.8 Å². The van der Waals surface area contributed by atoms with Gasteiger partial charge in [-0.15, -0.1) is 0 Å². The predicted octanol–water partition coefficient (Wildman–Crippen LogP) is 3.36. The van der Waals surface area contributed by atoms with Crippen molar-refractivity contribution >= 4 is 12.0 Å². The Balaban J connectivity index is 1.98. The van der Waals surface area contributed by atoms with Crippen molar-refractivity contribution in [3.63, 3.8) is 0 Å². The number of urea groups is 1. The maximum atomic E-state index is 12.6. The molecule has 7 nitrogen and oxygen atoms in total. The van der Waals surface area contributed by atoms with Crippen LogP contribution in [0.2, 0.25) is 0 Å². The van der Waals surface area contributed by atoms with E-state index in [2.05, 4.69) is 22.0 Å². The number of carbonyl (C=O) groups excluding carboxylic acids is 2.